The van der Waals surface area contributed by atoms with Crippen LogP contribution in [0.25, 0.3) is 17.1 Å². The van der Waals surface area contributed by atoms with E-state index < -0.39 is 0 Å². The summed E-state index contributed by atoms with van der Waals surface area (Å²) in [7, 11) is 3.98. The van der Waals surface area contributed by atoms with Crippen molar-refractivity contribution in [3.8, 4) is 17.1 Å². The zero-order valence-electron chi connectivity index (χ0n) is 23.8. The molecule has 2 aliphatic carbocycles. The largest absolute Gasteiger partial charge is 0.378 e. The maximum Gasteiger partial charge on any atom is 0.230 e. The molecule has 3 heterocycles. The van der Waals surface area contributed by atoms with Crippen LogP contribution in [0.3, 0.4) is 0 Å². The fourth-order valence-corrected chi connectivity index (χ4v) is 7.74. The molecule has 2 bridgehead atoms. The predicted molar refractivity (Wildman–Crippen MR) is 155 cm³/mol. The molecule has 1 amide bonds. The number of allylic oxidation sites excluding steroid dienone is 2. The van der Waals surface area contributed by atoms with Gasteiger partial charge in [-0.15, -0.1) is 5.10 Å². The minimum Gasteiger partial charge on any atom is -0.378 e. The number of Topliss-reactive ketones (excluding diaryl/α,β-unsaturated/α-hetero) is 1. The molecule has 7 nitrogen and oxygen atoms in total. The Kier molecular flexibility index (Phi) is 5.95. The van der Waals surface area contributed by atoms with Crippen LogP contribution >= 0.6 is 0 Å². The summed E-state index contributed by atoms with van der Waals surface area (Å²) in [5, 5.41) is 4.83. The fraction of sp³-hybridized carbons (Fsp3) is 0.455. The van der Waals surface area contributed by atoms with Crippen molar-refractivity contribution >= 4 is 17.4 Å². The third kappa shape index (κ3) is 3.93. The lowest BCUT2D eigenvalue weighted by molar-refractivity contribution is -0.123. The lowest BCUT2D eigenvalue weighted by Crippen LogP contribution is -2.41. The van der Waals surface area contributed by atoms with Crippen LogP contribution in [-0.2, 0) is 4.79 Å². The smallest absolute Gasteiger partial charge is 0.230 e. The lowest BCUT2D eigenvalue weighted by Gasteiger charge is -2.39. The Bertz CT molecular complexity index is 1530. The van der Waals surface area contributed by atoms with Crippen LogP contribution in [0, 0.1) is 30.6 Å². The molecule has 3 unspecified atom stereocenters. The first kappa shape index (κ1) is 25.2. The van der Waals surface area contributed by atoms with Crippen molar-refractivity contribution in [2.45, 2.75) is 51.9 Å². The topological polar surface area (TPSA) is 71.3 Å². The number of carbonyl (C=O) groups is 2. The first-order chi connectivity index (χ1) is 19.3. The van der Waals surface area contributed by atoms with Gasteiger partial charge in [-0.3, -0.25) is 9.59 Å². The summed E-state index contributed by atoms with van der Waals surface area (Å²) in [5.74, 6) is 1.91. The first-order valence-corrected chi connectivity index (χ1v) is 14.7. The number of anilines is 1. The Morgan fingerprint density at radius 3 is 2.42 bits per heavy atom. The van der Waals surface area contributed by atoms with Crippen molar-refractivity contribution in [3.63, 3.8) is 0 Å². The van der Waals surface area contributed by atoms with Gasteiger partial charge in [-0.1, -0.05) is 43.5 Å². The number of amides is 1. The molecule has 4 atom stereocenters. The standard InChI is InChI=1S/C33H37N5O2/c1-19-9-12-24(13-10-19)38-32(34-31(35-38)30(39)26-17-25-15-23(26)18-36(25)3)22-11-14-28-27(16-22)29(21-7-5-6-8-21)20(2)33(40)37(28)4/h9-14,16-17,20-21,23,26,29H,5-8,15,18H2,1-4H3/t20-,23?,26?,29?/m0/s1. The van der Waals surface area contributed by atoms with Crippen LogP contribution in [0.5, 0.6) is 0 Å². The molecule has 40 heavy (non-hydrogen) atoms. The molecule has 2 fully saturated rings. The molecule has 1 saturated carbocycles. The van der Waals surface area contributed by atoms with Gasteiger partial charge in [0.2, 0.25) is 17.5 Å². The first-order valence-electron chi connectivity index (χ1n) is 14.7. The third-order valence-electron chi connectivity index (χ3n) is 9.93. The molecule has 0 N–H and O–H groups in total. The monoisotopic (exact) mass is 535 g/mol. The van der Waals surface area contributed by atoms with Gasteiger partial charge >= 0.3 is 0 Å². The van der Waals surface area contributed by atoms with Crippen LogP contribution in [0.15, 0.2) is 54.2 Å². The van der Waals surface area contributed by atoms with Crippen LogP contribution < -0.4 is 4.90 Å². The van der Waals surface area contributed by atoms with Gasteiger partial charge < -0.3 is 9.80 Å². The van der Waals surface area contributed by atoms with Crippen molar-refractivity contribution in [2.75, 3.05) is 25.5 Å². The number of hydrogen-bond donors (Lipinski definition) is 0. The highest BCUT2D eigenvalue weighted by Crippen LogP contribution is 2.49. The fourth-order valence-electron chi connectivity index (χ4n) is 7.74. The van der Waals surface area contributed by atoms with Crippen LogP contribution in [0.4, 0.5) is 5.69 Å². The molecule has 7 heteroatoms. The highest BCUT2D eigenvalue weighted by molar-refractivity contribution is 5.99. The number of benzene rings is 2. The second kappa shape index (κ2) is 9.43. The number of carbonyl (C=O) groups excluding carboxylic acids is 2. The lowest BCUT2D eigenvalue weighted by atomic mass is 9.73. The van der Waals surface area contributed by atoms with E-state index in [9.17, 15) is 9.59 Å². The summed E-state index contributed by atoms with van der Waals surface area (Å²) >= 11 is 0. The summed E-state index contributed by atoms with van der Waals surface area (Å²) in [5.41, 5.74) is 6.42. The highest BCUT2D eigenvalue weighted by atomic mass is 16.2. The second-order valence-corrected chi connectivity index (χ2v) is 12.4. The van der Waals surface area contributed by atoms with E-state index in [0.29, 0.717) is 17.7 Å². The van der Waals surface area contributed by atoms with E-state index in [1.54, 1.807) is 0 Å². The van der Waals surface area contributed by atoms with E-state index in [4.69, 9.17) is 10.1 Å². The molecular formula is C33H37N5O2. The SMILES string of the molecule is Cc1ccc(-n2nc(C(=O)C3C=C4CC3CN4C)nc2-c2ccc3c(c2)C(C2CCCC2)[C@H](C)C(=O)N3C)cc1. The number of fused-ring (bicyclic) bond motifs is 3. The van der Waals surface area contributed by atoms with Gasteiger partial charge in [0.15, 0.2) is 5.82 Å². The Morgan fingerprint density at radius 1 is 1.00 bits per heavy atom. The average molecular weight is 536 g/mol. The maximum absolute atomic E-state index is 13.8. The minimum atomic E-state index is -0.163. The van der Waals surface area contributed by atoms with Gasteiger partial charge in [-0.05, 0) is 73.9 Å². The van der Waals surface area contributed by atoms with Crippen molar-refractivity contribution in [1.29, 1.82) is 0 Å². The molecule has 4 aliphatic rings. The van der Waals surface area contributed by atoms with E-state index >= 15 is 0 Å². The Morgan fingerprint density at radius 2 is 1.75 bits per heavy atom. The molecule has 0 spiro atoms. The van der Waals surface area contributed by atoms with Crippen molar-refractivity contribution in [1.82, 2.24) is 19.7 Å². The Balaban J connectivity index is 1.34. The number of likely N-dealkylation sites (tertiary alicyclic amines) is 1. The molecule has 3 aromatic rings. The van der Waals surface area contributed by atoms with Gasteiger partial charge in [0, 0.05) is 49.4 Å². The molecule has 2 aliphatic heterocycles. The molecule has 1 saturated heterocycles. The summed E-state index contributed by atoms with van der Waals surface area (Å²) in [6.07, 6.45) is 7.86. The Hall–Kier alpha value is -3.74. The molecule has 2 aromatic carbocycles. The van der Waals surface area contributed by atoms with E-state index in [2.05, 4.69) is 56.1 Å². The van der Waals surface area contributed by atoms with Crippen LogP contribution in [-0.4, -0.2) is 52.0 Å². The van der Waals surface area contributed by atoms with Gasteiger partial charge in [0.25, 0.3) is 0 Å². The number of hydrogen-bond acceptors (Lipinski definition) is 5. The van der Waals surface area contributed by atoms with Crippen LogP contribution in [0.1, 0.15) is 66.7 Å². The maximum atomic E-state index is 13.8. The van der Waals surface area contributed by atoms with Gasteiger partial charge in [0.05, 0.1) is 11.6 Å². The molecule has 7 rings (SSSR count). The van der Waals surface area contributed by atoms with Gasteiger partial charge in [-0.2, -0.15) is 0 Å². The summed E-state index contributed by atoms with van der Waals surface area (Å²) < 4.78 is 1.83. The van der Waals surface area contributed by atoms with Crippen molar-refractivity contribution in [3.05, 3.63) is 71.2 Å². The van der Waals surface area contributed by atoms with E-state index in [-0.39, 0.29) is 35.3 Å². The quantitative estimate of drug-likeness (QED) is 0.388. The predicted octanol–water partition coefficient (Wildman–Crippen LogP) is 5.78. The number of aromatic nitrogens is 3. The van der Waals surface area contributed by atoms with Crippen LogP contribution in [0.2, 0.25) is 0 Å². The zero-order valence-corrected chi connectivity index (χ0v) is 23.8. The van der Waals surface area contributed by atoms with E-state index in [1.165, 1.54) is 36.9 Å². The number of nitrogens with zero attached hydrogens (tertiary/aromatic N) is 5. The third-order valence-corrected chi connectivity index (χ3v) is 9.93. The number of aryl methyl sites for hydroxylation is 1. The summed E-state index contributed by atoms with van der Waals surface area (Å²) in [4.78, 5) is 36.0. The molecule has 0 radical (unpaired) electrons. The zero-order chi connectivity index (χ0) is 27.7. The van der Waals surface area contributed by atoms with E-state index in [1.807, 2.05) is 34.8 Å². The van der Waals surface area contributed by atoms with Crippen molar-refractivity contribution < 1.29 is 9.59 Å². The molecular weight excluding hydrogens is 498 g/mol. The minimum absolute atomic E-state index is 0.000885. The van der Waals surface area contributed by atoms with Gasteiger partial charge in [-0.25, -0.2) is 9.67 Å². The molecule has 206 valence electrons. The van der Waals surface area contributed by atoms with E-state index in [0.717, 1.165) is 35.5 Å². The molecule has 1 aromatic heterocycles. The summed E-state index contributed by atoms with van der Waals surface area (Å²) in [6, 6.07) is 14.5. The highest BCUT2D eigenvalue weighted by Gasteiger charge is 2.43. The normalized spacial score (nSPS) is 26.0. The average Bonchev–Trinajstić information content (AvgIpc) is 3.76. The van der Waals surface area contributed by atoms with Gasteiger partial charge in [0.1, 0.15) is 0 Å². The van der Waals surface area contributed by atoms with Crippen molar-refractivity contribution in [2.24, 2.45) is 23.7 Å². The second-order valence-electron chi connectivity index (χ2n) is 12.4. The Labute approximate surface area is 235 Å². The number of rotatable bonds is 5. The summed E-state index contributed by atoms with van der Waals surface area (Å²) in [6.45, 7) is 5.06. The number of ketones is 1.